The molecule has 0 aliphatic heterocycles. The van der Waals surface area contributed by atoms with Crippen LogP contribution < -0.4 is 4.74 Å². The van der Waals surface area contributed by atoms with Crippen LogP contribution in [0, 0.1) is 5.82 Å². The van der Waals surface area contributed by atoms with E-state index in [-0.39, 0.29) is 5.82 Å². The largest absolute Gasteiger partial charge is 0.493 e. The van der Waals surface area contributed by atoms with Crippen molar-refractivity contribution in [2.75, 3.05) is 6.61 Å². The molecule has 2 aromatic carbocycles. The van der Waals surface area contributed by atoms with Crippen molar-refractivity contribution in [3.8, 4) is 16.9 Å². The van der Waals surface area contributed by atoms with Gasteiger partial charge in [-0.3, -0.25) is 4.79 Å². The normalized spacial score (nSPS) is 11.9. The van der Waals surface area contributed by atoms with Crippen LogP contribution >= 0.6 is 23.1 Å². The highest BCUT2D eigenvalue weighted by atomic mass is 32.2. The molecule has 0 aliphatic rings. The van der Waals surface area contributed by atoms with Crippen molar-refractivity contribution < 1.29 is 19.0 Å². The lowest BCUT2D eigenvalue weighted by molar-refractivity contribution is -0.136. The Morgan fingerprint density at radius 3 is 2.43 bits per heavy atom. The van der Waals surface area contributed by atoms with Gasteiger partial charge in [0.1, 0.15) is 16.8 Å². The molecule has 28 heavy (non-hydrogen) atoms. The maximum Gasteiger partial charge on any atom is 0.317 e. The van der Waals surface area contributed by atoms with E-state index in [1.807, 2.05) is 36.6 Å². The summed E-state index contributed by atoms with van der Waals surface area (Å²) in [5.41, 5.74) is 2.85. The van der Waals surface area contributed by atoms with Crippen LogP contribution in [0.4, 0.5) is 4.39 Å². The van der Waals surface area contributed by atoms with Gasteiger partial charge in [0.15, 0.2) is 4.34 Å². The van der Waals surface area contributed by atoms with Crippen LogP contribution in [-0.2, 0) is 11.2 Å². The molecule has 3 rings (SSSR count). The third-order valence-corrected chi connectivity index (χ3v) is 6.45. The van der Waals surface area contributed by atoms with Gasteiger partial charge in [0, 0.05) is 11.8 Å². The van der Waals surface area contributed by atoms with Gasteiger partial charge in [0.05, 0.1) is 12.3 Å². The molecular weight excluding hydrogens is 397 g/mol. The number of rotatable bonds is 9. The Hall–Kier alpha value is -2.38. The summed E-state index contributed by atoms with van der Waals surface area (Å²) < 4.78 is 19.6. The van der Waals surface area contributed by atoms with Crippen molar-refractivity contribution in [2.24, 2.45) is 0 Å². The average molecular weight is 418 g/mol. The molecule has 146 valence electrons. The summed E-state index contributed by atoms with van der Waals surface area (Å²) in [7, 11) is 0. The first-order valence-corrected chi connectivity index (χ1v) is 10.6. The minimum absolute atomic E-state index is 0.250. The zero-order valence-electron chi connectivity index (χ0n) is 15.3. The molecule has 0 saturated heterocycles. The number of carboxylic acid groups (broad SMARTS) is 1. The molecule has 0 radical (unpaired) electrons. The number of thiazole rings is 1. The predicted octanol–water partition coefficient (Wildman–Crippen LogP) is 5.53. The Labute approximate surface area is 171 Å². The van der Waals surface area contributed by atoms with E-state index in [1.54, 1.807) is 12.1 Å². The minimum Gasteiger partial charge on any atom is -0.493 e. The van der Waals surface area contributed by atoms with E-state index in [1.165, 1.54) is 35.2 Å². The molecule has 1 heterocycles. The monoisotopic (exact) mass is 417 g/mol. The van der Waals surface area contributed by atoms with Gasteiger partial charge in [-0.15, -0.1) is 11.3 Å². The summed E-state index contributed by atoms with van der Waals surface area (Å²) in [6.07, 6.45) is 1.21. The first kappa shape index (κ1) is 20.4. The third kappa shape index (κ3) is 5.56. The SMILES string of the molecule is CCC(Sc1nc(CCOc2ccc(-c3ccc(F)cc3)cc2)cs1)C(=O)O. The topological polar surface area (TPSA) is 59.4 Å². The second-order valence-electron chi connectivity index (χ2n) is 6.09. The maximum absolute atomic E-state index is 13.0. The fourth-order valence-electron chi connectivity index (χ4n) is 2.55. The van der Waals surface area contributed by atoms with Crippen LogP contribution in [-0.4, -0.2) is 27.9 Å². The Kier molecular flexibility index (Phi) is 7.06. The Balaban J connectivity index is 1.50. The second kappa shape index (κ2) is 9.71. The first-order valence-electron chi connectivity index (χ1n) is 8.88. The maximum atomic E-state index is 13.0. The molecule has 0 fully saturated rings. The summed E-state index contributed by atoms with van der Waals surface area (Å²) in [6.45, 7) is 2.34. The zero-order chi connectivity index (χ0) is 19.9. The highest BCUT2D eigenvalue weighted by Gasteiger charge is 2.18. The van der Waals surface area contributed by atoms with E-state index in [0.29, 0.717) is 19.4 Å². The van der Waals surface area contributed by atoms with Gasteiger partial charge in [-0.2, -0.15) is 0 Å². The fraction of sp³-hybridized carbons (Fsp3) is 0.238. The van der Waals surface area contributed by atoms with Crippen LogP contribution in [0.5, 0.6) is 5.75 Å². The molecule has 1 unspecified atom stereocenters. The molecule has 1 aromatic heterocycles. The van der Waals surface area contributed by atoms with Crippen LogP contribution in [0.3, 0.4) is 0 Å². The first-order chi connectivity index (χ1) is 13.5. The van der Waals surface area contributed by atoms with Crippen LogP contribution in [0.15, 0.2) is 58.3 Å². The van der Waals surface area contributed by atoms with Crippen molar-refractivity contribution in [3.63, 3.8) is 0 Å². The van der Waals surface area contributed by atoms with Gasteiger partial charge in [0.25, 0.3) is 0 Å². The molecule has 0 saturated carbocycles. The van der Waals surface area contributed by atoms with Gasteiger partial charge in [0.2, 0.25) is 0 Å². The molecule has 0 spiro atoms. The van der Waals surface area contributed by atoms with Gasteiger partial charge >= 0.3 is 5.97 Å². The van der Waals surface area contributed by atoms with Crippen molar-refractivity contribution in [1.82, 2.24) is 4.98 Å². The number of halogens is 1. The summed E-state index contributed by atoms with van der Waals surface area (Å²) in [4.78, 5) is 15.6. The van der Waals surface area contributed by atoms with E-state index in [2.05, 4.69) is 4.98 Å². The number of thioether (sulfide) groups is 1. The molecule has 1 atom stereocenters. The van der Waals surface area contributed by atoms with Gasteiger partial charge in [-0.25, -0.2) is 9.37 Å². The lowest BCUT2D eigenvalue weighted by atomic mass is 10.1. The van der Waals surface area contributed by atoms with E-state index in [9.17, 15) is 9.18 Å². The van der Waals surface area contributed by atoms with E-state index < -0.39 is 11.2 Å². The van der Waals surface area contributed by atoms with Gasteiger partial charge in [-0.1, -0.05) is 43.0 Å². The summed E-state index contributed by atoms with van der Waals surface area (Å²) in [5, 5.41) is 10.6. The number of benzene rings is 2. The molecule has 0 amide bonds. The minimum atomic E-state index is -0.809. The molecule has 3 aromatic rings. The zero-order valence-corrected chi connectivity index (χ0v) is 16.9. The summed E-state index contributed by atoms with van der Waals surface area (Å²) in [5.74, 6) is -0.301. The number of hydrogen-bond acceptors (Lipinski definition) is 5. The Morgan fingerprint density at radius 1 is 1.18 bits per heavy atom. The summed E-state index contributed by atoms with van der Waals surface area (Å²) >= 11 is 2.76. The Morgan fingerprint density at radius 2 is 1.82 bits per heavy atom. The number of aliphatic carboxylic acids is 1. The highest BCUT2D eigenvalue weighted by Crippen LogP contribution is 2.29. The number of ether oxygens (including phenoxy) is 1. The predicted molar refractivity (Wildman–Crippen MR) is 111 cm³/mol. The van der Waals surface area contributed by atoms with Crippen LogP contribution in [0.25, 0.3) is 11.1 Å². The van der Waals surface area contributed by atoms with Gasteiger partial charge in [-0.05, 0) is 41.8 Å². The van der Waals surface area contributed by atoms with Crippen molar-refractivity contribution in [2.45, 2.75) is 29.4 Å². The lowest BCUT2D eigenvalue weighted by Gasteiger charge is -2.07. The lowest BCUT2D eigenvalue weighted by Crippen LogP contribution is -2.14. The third-order valence-electron chi connectivity index (χ3n) is 4.08. The summed E-state index contributed by atoms with van der Waals surface area (Å²) in [6, 6.07) is 14.0. The highest BCUT2D eigenvalue weighted by molar-refractivity contribution is 8.02. The van der Waals surface area contributed by atoms with Crippen molar-refractivity contribution in [1.29, 1.82) is 0 Å². The number of nitrogens with zero attached hydrogens (tertiary/aromatic N) is 1. The number of carboxylic acids is 1. The average Bonchev–Trinajstić information content (AvgIpc) is 3.14. The molecule has 0 bridgehead atoms. The van der Waals surface area contributed by atoms with E-state index >= 15 is 0 Å². The molecule has 0 aliphatic carbocycles. The smallest absolute Gasteiger partial charge is 0.317 e. The number of carbonyl (C=O) groups is 1. The second-order valence-corrected chi connectivity index (χ2v) is 8.40. The van der Waals surface area contributed by atoms with E-state index in [0.717, 1.165) is 26.9 Å². The molecule has 4 nitrogen and oxygen atoms in total. The van der Waals surface area contributed by atoms with E-state index in [4.69, 9.17) is 9.84 Å². The van der Waals surface area contributed by atoms with Crippen molar-refractivity contribution >= 4 is 29.1 Å². The number of aromatic nitrogens is 1. The Bertz CT molecular complexity index is 910. The molecule has 7 heteroatoms. The van der Waals surface area contributed by atoms with Gasteiger partial charge < -0.3 is 9.84 Å². The van der Waals surface area contributed by atoms with Crippen LogP contribution in [0.2, 0.25) is 0 Å². The standard InChI is InChI=1S/C21H20FNO3S2/c1-2-19(20(24)25)28-21-23-17(13-27-21)11-12-26-18-9-5-15(6-10-18)14-3-7-16(22)8-4-14/h3-10,13,19H,2,11-12H2,1H3,(H,24,25). The fourth-order valence-corrected chi connectivity index (χ4v) is 4.52. The van der Waals surface area contributed by atoms with Crippen molar-refractivity contribution in [3.05, 3.63) is 65.4 Å². The van der Waals surface area contributed by atoms with Crippen LogP contribution in [0.1, 0.15) is 19.0 Å². The number of hydrogen-bond donors (Lipinski definition) is 1. The molecular formula is C21H20FNO3S2. The quantitative estimate of drug-likeness (QED) is 0.464. The molecule has 1 N–H and O–H groups in total.